The predicted octanol–water partition coefficient (Wildman–Crippen LogP) is 6.79. The maximum Gasteiger partial charge on any atom is 0.408 e. The number of nitrogens with zero attached hydrogens (tertiary/aromatic N) is 1. The van der Waals surface area contributed by atoms with Gasteiger partial charge in [-0.15, -0.1) is 0 Å². The van der Waals surface area contributed by atoms with Gasteiger partial charge in [0.2, 0.25) is 11.8 Å². The molecule has 0 saturated carbocycles. The number of phenolic OH excluding ortho intramolecular Hbond substituents is 1. The van der Waals surface area contributed by atoms with Gasteiger partial charge in [-0.2, -0.15) is 0 Å². The molecular formula is C32H55N3O5. The van der Waals surface area contributed by atoms with E-state index in [0.29, 0.717) is 37.1 Å². The average molecular weight is 562 g/mol. The molecule has 1 aromatic rings. The topological polar surface area (TPSA) is 108 Å². The van der Waals surface area contributed by atoms with E-state index in [9.17, 15) is 19.5 Å². The standard InChI is InChI=1S/C32H55N3O5/c1-9-11-13-14-16-21-35(30(38)26(22-23(3)4)34-31(39)40-32(6,7)8)27(29(37)33-20-15-12-10-2)25-19-17-18-24(5)28(25)36/h17-19,23,26-27,36H,9-16,20-22H2,1-8H3,(H,33,37)(H,34,39). The first kappa shape index (κ1) is 35.3. The van der Waals surface area contributed by atoms with Gasteiger partial charge in [0.1, 0.15) is 23.4 Å². The molecule has 0 radical (unpaired) electrons. The third kappa shape index (κ3) is 12.6. The molecule has 2 atom stereocenters. The number of ether oxygens (including phenoxy) is 1. The maximum atomic E-state index is 14.3. The van der Waals surface area contributed by atoms with Crippen LogP contribution in [0.4, 0.5) is 4.79 Å². The van der Waals surface area contributed by atoms with Gasteiger partial charge < -0.3 is 25.4 Å². The lowest BCUT2D eigenvalue weighted by Gasteiger charge is -2.35. The van der Waals surface area contributed by atoms with E-state index in [0.717, 1.165) is 44.9 Å². The summed E-state index contributed by atoms with van der Waals surface area (Å²) >= 11 is 0. The number of carbonyl (C=O) groups is 3. The molecule has 0 aliphatic heterocycles. The van der Waals surface area contributed by atoms with E-state index in [1.54, 1.807) is 50.8 Å². The van der Waals surface area contributed by atoms with Crippen LogP contribution in [0.2, 0.25) is 0 Å². The number of hydrogen-bond donors (Lipinski definition) is 3. The Morgan fingerprint density at radius 3 is 2.20 bits per heavy atom. The van der Waals surface area contributed by atoms with Crippen molar-refractivity contribution < 1.29 is 24.2 Å². The van der Waals surface area contributed by atoms with E-state index in [4.69, 9.17) is 4.74 Å². The molecule has 0 aliphatic carbocycles. The Morgan fingerprint density at radius 1 is 0.975 bits per heavy atom. The molecule has 0 spiro atoms. The summed E-state index contributed by atoms with van der Waals surface area (Å²) in [5.74, 6) is -0.589. The Bertz CT molecular complexity index is 926. The minimum absolute atomic E-state index is 0.000465. The molecule has 8 nitrogen and oxygen atoms in total. The summed E-state index contributed by atoms with van der Waals surface area (Å²) < 4.78 is 5.47. The fourth-order valence-electron chi connectivity index (χ4n) is 4.63. The van der Waals surface area contributed by atoms with E-state index < -0.39 is 23.8 Å². The smallest absolute Gasteiger partial charge is 0.408 e. The Balaban J connectivity index is 3.51. The lowest BCUT2D eigenvalue weighted by molar-refractivity contribution is -0.143. The summed E-state index contributed by atoms with van der Waals surface area (Å²) in [6.07, 6.45) is 7.40. The largest absolute Gasteiger partial charge is 0.507 e. The highest BCUT2D eigenvalue weighted by molar-refractivity contribution is 5.92. The molecule has 3 N–H and O–H groups in total. The first-order chi connectivity index (χ1) is 18.8. The van der Waals surface area contributed by atoms with Crippen LogP contribution >= 0.6 is 0 Å². The number of amides is 3. The number of rotatable bonds is 17. The van der Waals surface area contributed by atoms with Crippen LogP contribution in [0, 0.1) is 12.8 Å². The number of benzene rings is 1. The quantitative estimate of drug-likeness (QED) is 0.182. The molecule has 0 saturated heterocycles. The molecular weight excluding hydrogens is 506 g/mol. The van der Waals surface area contributed by atoms with Gasteiger partial charge >= 0.3 is 6.09 Å². The summed E-state index contributed by atoms with van der Waals surface area (Å²) in [6, 6.07) is 3.35. The zero-order chi connectivity index (χ0) is 30.3. The van der Waals surface area contributed by atoms with Crippen molar-refractivity contribution in [2.24, 2.45) is 5.92 Å². The molecule has 0 fully saturated rings. The highest BCUT2D eigenvalue weighted by Crippen LogP contribution is 2.33. The number of aromatic hydroxyl groups is 1. The number of unbranched alkanes of at least 4 members (excludes halogenated alkanes) is 6. The fraction of sp³-hybridized carbons (Fsp3) is 0.719. The minimum Gasteiger partial charge on any atom is -0.507 e. The van der Waals surface area contributed by atoms with Gasteiger partial charge in [0.15, 0.2) is 0 Å². The number of aryl methyl sites for hydroxylation is 1. The maximum absolute atomic E-state index is 14.3. The molecule has 0 aromatic heterocycles. The summed E-state index contributed by atoms with van der Waals surface area (Å²) in [5, 5.41) is 16.8. The van der Waals surface area contributed by atoms with Crippen molar-refractivity contribution in [1.29, 1.82) is 0 Å². The minimum atomic E-state index is -1.03. The van der Waals surface area contributed by atoms with E-state index >= 15 is 0 Å². The molecule has 1 aromatic carbocycles. The average Bonchev–Trinajstić information content (AvgIpc) is 2.85. The van der Waals surface area contributed by atoms with E-state index in [2.05, 4.69) is 24.5 Å². The Kier molecular flexibility index (Phi) is 15.7. The highest BCUT2D eigenvalue weighted by atomic mass is 16.6. The zero-order valence-corrected chi connectivity index (χ0v) is 26.3. The van der Waals surface area contributed by atoms with Gasteiger partial charge in [-0.05, 0) is 58.4 Å². The fourth-order valence-corrected chi connectivity index (χ4v) is 4.63. The van der Waals surface area contributed by atoms with Crippen LogP contribution in [-0.2, 0) is 14.3 Å². The van der Waals surface area contributed by atoms with Gasteiger partial charge in [0, 0.05) is 18.7 Å². The number of alkyl carbamates (subject to hydrolysis) is 1. The van der Waals surface area contributed by atoms with Crippen molar-refractivity contribution in [3.63, 3.8) is 0 Å². The number of nitrogens with one attached hydrogen (secondary N) is 2. The molecule has 3 amide bonds. The third-order valence-electron chi connectivity index (χ3n) is 6.68. The van der Waals surface area contributed by atoms with Crippen molar-refractivity contribution >= 4 is 17.9 Å². The van der Waals surface area contributed by atoms with Crippen LogP contribution in [0.25, 0.3) is 0 Å². The first-order valence-electron chi connectivity index (χ1n) is 15.2. The first-order valence-corrected chi connectivity index (χ1v) is 15.2. The second-order valence-electron chi connectivity index (χ2n) is 12.2. The van der Waals surface area contributed by atoms with Crippen molar-refractivity contribution in [2.45, 2.75) is 131 Å². The number of hydrogen-bond acceptors (Lipinski definition) is 5. The lowest BCUT2D eigenvalue weighted by atomic mass is 9.97. The van der Waals surface area contributed by atoms with Crippen LogP contribution in [0.1, 0.15) is 123 Å². The van der Waals surface area contributed by atoms with Crippen molar-refractivity contribution in [1.82, 2.24) is 15.5 Å². The summed E-state index contributed by atoms with van der Waals surface area (Å²) in [5.41, 5.74) is 0.292. The Labute approximate surface area is 242 Å². The molecule has 228 valence electrons. The molecule has 40 heavy (non-hydrogen) atoms. The number of carbonyl (C=O) groups excluding carboxylic acids is 3. The molecule has 0 heterocycles. The SMILES string of the molecule is CCCCCCCN(C(=O)C(CC(C)C)NC(=O)OC(C)(C)C)C(C(=O)NCCCCC)c1cccc(C)c1O. The molecule has 0 aliphatic rings. The van der Waals surface area contributed by atoms with Crippen LogP contribution in [0.3, 0.4) is 0 Å². The van der Waals surface area contributed by atoms with Crippen LogP contribution in [-0.4, -0.2) is 52.6 Å². The summed E-state index contributed by atoms with van der Waals surface area (Å²) in [7, 11) is 0. The number of para-hydroxylation sites is 1. The normalized spacial score (nSPS) is 13.0. The predicted molar refractivity (Wildman–Crippen MR) is 161 cm³/mol. The van der Waals surface area contributed by atoms with Crippen LogP contribution < -0.4 is 10.6 Å². The van der Waals surface area contributed by atoms with Crippen LogP contribution in [0.15, 0.2) is 18.2 Å². The zero-order valence-electron chi connectivity index (χ0n) is 26.3. The van der Waals surface area contributed by atoms with Gasteiger partial charge in [0.05, 0.1) is 0 Å². The molecule has 1 rings (SSSR count). The molecule has 8 heteroatoms. The van der Waals surface area contributed by atoms with E-state index in [-0.39, 0.29) is 23.5 Å². The summed E-state index contributed by atoms with van der Waals surface area (Å²) in [6.45, 7) is 16.1. The van der Waals surface area contributed by atoms with E-state index in [1.807, 2.05) is 13.8 Å². The van der Waals surface area contributed by atoms with Gasteiger partial charge in [-0.3, -0.25) is 9.59 Å². The molecule has 0 bridgehead atoms. The Hall–Kier alpha value is -2.77. The Morgan fingerprint density at radius 2 is 1.60 bits per heavy atom. The summed E-state index contributed by atoms with van der Waals surface area (Å²) in [4.78, 5) is 42.4. The third-order valence-corrected chi connectivity index (χ3v) is 6.68. The molecule has 2 unspecified atom stereocenters. The van der Waals surface area contributed by atoms with Gasteiger partial charge in [-0.25, -0.2) is 4.79 Å². The van der Waals surface area contributed by atoms with E-state index in [1.165, 1.54) is 0 Å². The second kappa shape index (κ2) is 17.8. The van der Waals surface area contributed by atoms with Crippen LogP contribution in [0.5, 0.6) is 5.75 Å². The van der Waals surface area contributed by atoms with Gasteiger partial charge in [-0.1, -0.05) is 84.4 Å². The van der Waals surface area contributed by atoms with Gasteiger partial charge in [0.25, 0.3) is 0 Å². The lowest BCUT2D eigenvalue weighted by Crippen LogP contribution is -2.53. The highest BCUT2D eigenvalue weighted by Gasteiger charge is 2.37. The monoisotopic (exact) mass is 561 g/mol. The van der Waals surface area contributed by atoms with Crippen molar-refractivity contribution in [2.75, 3.05) is 13.1 Å². The second-order valence-corrected chi connectivity index (χ2v) is 12.2. The van der Waals surface area contributed by atoms with Crippen molar-refractivity contribution in [3.05, 3.63) is 29.3 Å². The van der Waals surface area contributed by atoms with Crippen molar-refractivity contribution in [3.8, 4) is 5.75 Å². The number of phenols is 1.